The van der Waals surface area contributed by atoms with Crippen molar-refractivity contribution < 1.29 is 53.9 Å². The van der Waals surface area contributed by atoms with Gasteiger partial charge in [-0.3, -0.25) is 9.27 Å². The van der Waals surface area contributed by atoms with E-state index in [1.165, 1.54) is 0 Å². The number of hydrogen-bond acceptors (Lipinski definition) is 4. The van der Waals surface area contributed by atoms with Gasteiger partial charge in [-0.2, -0.15) is 39.2 Å². The molecule has 3 aliphatic carbocycles. The van der Waals surface area contributed by atoms with Crippen LogP contribution in [0.15, 0.2) is 30.4 Å². The fourth-order valence-electron chi connectivity index (χ4n) is 7.90. The molecule has 0 aromatic heterocycles. The molecule has 43 heavy (non-hydrogen) atoms. The van der Waals surface area contributed by atoms with Crippen molar-refractivity contribution in [2.75, 3.05) is 4.72 Å². The summed E-state index contributed by atoms with van der Waals surface area (Å²) in [6.07, 6.45) is -1.35. The van der Waals surface area contributed by atoms with Gasteiger partial charge in [0.05, 0.1) is 11.8 Å². The fraction of sp³-hybridized carbons (Fsp3) is 0.724. The number of aryl methyl sites for hydroxylation is 1. The van der Waals surface area contributed by atoms with Gasteiger partial charge in [0.15, 0.2) is 0 Å². The lowest BCUT2D eigenvalue weighted by Gasteiger charge is -2.57. The summed E-state index contributed by atoms with van der Waals surface area (Å²) in [4.78, 5) is 0. The SMILES string of the molecule is C[C@]12CCC3c4ccc(NS(=O)(=O)O)cc4CCC3(C=CCCCCCC(O)C(F)(F)C(F)(F)C(F)(F)F)C1CC[C@@H]2O. The standard InChI is InChI=1S/C29H38F7NO5S/c1-25-15-13-21-20-9-8-19(37-43(40,41)42)17-18(20)12-16-26(21,22(25)10-11-23(25)38)14-6-4-2-3-5-7-24(39)27(30,31)28(32,33)29(34,35)36/h6,8-9,14,17,21-24,37-39H,2-5,7,10-13,15-16H2,1H3,(H,40,41,42)/t21?,22?,23-,24?,25-,26?/m0/s1. The Morgan fingerprint density at radius 1 is 1.05 bits per heavy atom. The second-order valence-electron chi connectivity index (χ2n) is 12.6. The van der Waals surface area contributed by atoms with E-state index in [9.17, 15) is 49.4 Å². The Bertz CT molecular complexity index is 1300. The van der Waals surface area contributed by atoms with Crippen molar-refractivity contribution in [2.45, 2.75) is 114 Å². The molecule has 0 heterocycles. The first-order valence-electron chi connectivity index (χ1n) is 14.5. The number of hydrogen-bond donors (Lipinski definition) is 4. The van der Waals surface area contributed by atoms with Gasteiger partial charge >= 0.3 is 28.3 Å². The predicted octanol–water partition coefficient (Wildman–Crippen LogP) is 7.19. The number of aliphatic hydroxyl groups is 2. The molecule has 0 spiro atoms. The quantitative estimate of drug-likeness (QED) is 0.0883. The van der Waals surface area contributed by atoms with Crippen LogP contribution in [0.2, 0.25) is 0 Å². The number of rotatable bonds is 11. The van der Waals surface area contributed by atoms with Crippen LogP contribution >= 0.6 is 0 Å². The van der Waals surface area contributed by atoms with Crippen molar-refractivity contribution >= 4 is 16.0 Å². The largest absolute Gasteiger partial charge is 0.459 e. The summed E-state index contributed by atoms with van der Waals surface area (Å²) in [5.74, 6) is -11.7. The predicted molar refractivity (Wildman–Crippen MR) is 145 cm³/mol. The number of aliphatic hydroxyl groups excluding tert-OH is 2. The first kappa shape index (κ1) is 34.0. The molecule has 14 heteroatoms. The van der Waals surface area contributed by atoms with Crippen LogP contribution in [0.1, 0.15) is 88.2 Å². The molecular formula is C29H38F7NO5S. The first-order valence-corrected chi connectivity index (χ1v) is 15.9. The van der Waals surface area contributed by atoms with E-state index >= 15 is 0 Å². The maximum absolute atomic E-state index is 13.7. The number of unbranched alkanes of at least 4 members (excludes halogenated alkanes) is 3. The van der Waals surface area contributed by atoms with Crippen LogP contribution in [-0.4, -0.2) is 53.4 Å². The van der Waals surface area contributed by atoms with Gasteiger partial charge in [-0.05, 0) is 104 Å². The molecule has 6 nitrogen and oxygen atoms in total. The maximum Gasteiger partial charge on any atom is 0.459 e. The molecule has 244 valence electrons. The minimum atomic E-state index is -6.48. The summed E-state index contributed by atoms with van der Waals surface area (Å²) < 4.78 is 125. The molecule has 0 bridgehead atoms. The molecule has 6 atom stereocenters. The zero-order valence-electron chi connectivity index (χ0n) is 23.7. The van der Waals surface area contributed by atoms with Crippen LogP contribution in [0, 0.1) is 16.7 Å². The summed E-state index contributed by atoms with van der Waals surface area (Å²) in [6.45, 7) is 2.11. The van der Waals surface area contributed by atoms with E-state index in [2.05, 4.69) is 17.7 Å². The van der Waals surface area contributed by atoms with Crippen molar-refractivity contribution in [3.05, 3.63) is 41.5 Å². The van der Waals surface area contributed by atoms with Crippen molar-refractivity contribution in [3.8, 4) is 0 Å². The molecule has 0 radical (unpaired) electrons. The van der Waals surface area contributed by atoms with Crippen molar-refractivity contribution in [3.63, 3.8) is 0 Å². The highest BCUT2D eigenvalue weighted by molar-refractivity contribution is 7.87. The molecule has 0 amide bonds. The van der Waals surface area contributed by atoms with Crippen LogP contribution < -0.4 is 4.72 Å². The molecule has 4 rings (SSSR count). The van der Waals surface area contributed by atoms with Gasteiger partial charge in [0.1, 0.15) is 6.10 Å². The topological polar surface area (TPSA) is 107 Å². The third kappa shape index (κ3) is 6.30. The summed E-state index contributed by atoms with van der Waals surface area (Å²) >= 11 is 0. The minimum Gasteiger partial charge on any atom is -0.393 e. The summed E-state index contributed by atoms with van der Waals surface area (Å²) in [5, 5.41) is 20.3. The molecule has 2 fully saturated rings. The van der Waals surface area contributed by atoms with Crippen LogP contribution in [0.3, 0.4) is 0 Å². The molecule has 4 unspecified atom stereocenters. The minimum absolute atomic E-state index is 0.0864. The van der Waals surface area contributed by atoms with Crippen LogP contribution in [0.4, 0.5) is 36.4 Å². The smallest absolute Gasteiger partial charge is 0.393 e. The zero-order chi connectivity index (χ0) is 32.1. The van der Waals surface area contributed by atoms with Crippen molar-refractivity contribution in [1.29, 1.82) is 0 Å². The molecule has 3 aliphatic rings. The van der Waals surface area contributed by atoms with Gasteiger partial charge in [0.25, 0.3) is 0 Å². The van der Waals surface area contributed by atoms with E-state index in [0.717, 1.165) is 36.8 Å². The van der Waals surface area contributed by atoms with E-state index in [1.54, 1.807) is 12.1 Å². The van der Waals surface area contributed by atoms with Gasteiger partial charge in [-0.15, -0.1) is 0 Å². The molecule has 1 aromatic carbocycles. The Kier molecular flexibility index (Phi) is 9.32. The third-order valence-electron chi connectivity index (χ3n) is 10.1. The molecular weight excluding hydrogens is 607 g/mol. The Hall–Kier alpha value is -1.90. The second kappa shape index (κ2) is 11.8. The lowest BCUT2D eigenvalue weighted by molar-refractivity contribution is -0.371. The molecule has 0 saturated heterocycles. The van der Waals surface area contributed by atoms with Crippen molar-refractivity contribution in [1.82, 2.24) is 0 Å². The van der Waals surface area contributed by atoms with Gasteiger partial charge in [-0.25, -0.2) is 0 Å². The number of halogens is 7. The highest BCUT2D eigenvalue weighted by Gasteiger charge is 2.75. The van der Waals surface area contributed by atoms with E-state index < -0.39 is 47.0 Å². The van der Waals surface area contributed by atoms with Crippen molar-refractivity contribution in [2.24, 2.45) is 16.7 Å². The molecule has 4 N–H and O–H groups in total. The van der Waals surface area contributed by atoms with Gasteiger partial charge in [-0.1, -0.05) is 38.0 Å². The Balaban J connectivity index is 1.44. The number of alkyl halides is 7. The first-order chi connectivity index (χ1) is 19.8. The van der Waals surface area contributed by atoms with E-state index in [4.69, 9.17) is 4.55 Å². The lowest BCUT2D eigenvalue weighted by Crippen LogP contribution is -2.57. The van der Waals surface area contributed by atoms with Crippen LogP contribution in [-0.2, 0) is 16.7 Å². The summed E-state index contributed by atoms with van der Waals surface area (Å²) in [5.41, 5.74) is 1.70. The molecule has 1 aromatic rings. The monoisotopic (exact) mass is 645 g/mol. The Labute approximate surface area is 246 Å². The normalized spacial score (nSPS) is 30.5. The Morgan fingerprint density at radius 2 is 1.74 bits per heavy atom. The lowest BCUT2D eigenvalue weighted by atomic mass is 9.47. The molecule has 2 saturated carbocycles. The average Bonchev–Trinajstić information content (AvgIpc) is 3.20. The van der Waals surface area contributed by atoms with Gasteiger partial charge in [0.2, 0.25) is 0 Å². The van der Waals surface area contributed by atoms with E-state index in [0.29, 0.717) is 25.7 Å². The average molecular weight is 646 g/mol. The number of nitrogens with one attached hydrogen (secondary N) is 1. The summed E-state index contributed by atoms with van der Waals surface area (Å²) in [7, 11) is -4.43. The maximum atomic E-state index is 13.7. The van der Waals surface area contributed by atoms with E-state index in [-0.39, 0.29) is 41.2 Å². The highest BCUT2D eigenvalue weighted by atomic mass is 32.2. The van der Waals surface area contributed by atoms with E-state index in [1.807, 2.05) is 12.1 Å². The summed E-state index contributed by atoms with van der Waals surface area (Å²) in [6, 6.07) is 5.19. The van der Waals surface area contributed by atoms with Crippen LogP contribution in [0.25, 0.3) is 0 Å². The number of benzene rings is 1. The number of anilines is 1. The Morgan fingerprint density at radius 3 is 2.40 bits per heavy atom. The zero-order valence-corrected chi connectivity index (χ0v) is 24.5. The number of allylic oxidation sites excluding steroid dienone is 2. The van der Waals surface area contributed by atoms with Gasteiger partial charge in [0, 0.05) is 0 Å². The fourth-order valence-corrected chi connectivity index (χ4v) is 8.33. The third-order valence-corrected chi connectivity index (χ3v) is 10.6. The highest BCUT2D eigenvalue weighted by Crippen LogP contribution is 2.67. The molecule has 0 aliphatic heterocycles. The van der Waals surface area contributed by atoms with Gasteiger partial charge < -0.3 is 10.2 Å². The van der Waals surface area contributed by atoms with Crippen LogP contribution in [0.5, 0.6) is 0 Å². The number of fused-ring (bicyclic) bond motifs is 5. The second-order valence-corrected chi connectivity index (χ2v) is 13.8.